The first-order valence-electron chi connectivity index (χ1n) is 25.8. The van der Waals surface area contributed by atoms with Crippen LogP contribution in [-0.2, 0) is 21.7 Å². The summed E-state index contributed by atoms with van der Waals surface area (Å²) in [6.45, 7) is 20.7. The summed E-state index contributed by atoms with van der Waals surface area (Å²) < 4.78 is 13.7. The molecule has 11 rings (SSSR count). The van der Waals surface area contributed by atoms with Crippen LogP contribution >= 0.6 is 0 Å². The van der Waals surface area contributed by atoms with Gasteiger partial charge in [-0.3, -0.25) is 13.7 Å². The van der Waals surface area contributed by atoms with Crippen LogP contribution in [0.4, 0.5) is 0 Å². The fourth-order valence-electron chi connectivity index (χ4n) is 10.7. The first kappa shape index (κ1) is 48.0. The van der Waals surface area contributed by atoms with Crippen molar-refractivity contribution in [1.82, 2.24) is 14.1 Å². The van der Waals surface area contributed by atoms with Gasteiger partial charge in [-0.25, -0.2) is 4.98 Å². The van der Waals surface area contributed by atoms with Crippen molar-refractivity contribution in [2.24, 2.45) is 0 Å². The Kier molecular flexibility index (Phi) is 12.1. The molecule has 0 fully saturated rings. The van der Waals surface area contributed by atoms with Gasteiger partial charge in [0.25, 0.3) is 6.33 Å². The minimum Gasteiger partial charge on any atom is -0.458 e. The van der Waals surface area contributed by atoms with Crippen molar-refractivity contribution in [3.05, 3.63) is 270 Å². The molecule has 0 aliphatic carbocycles. The number of nitrogens with zero attached hydrogens (tertiary/aromatic N) is 4. The van der Waals surface area contributed by atoms with Crippen LogP contribution in [-0.4, -0.2) is 14.1 Å². The van der Waals surface area contributed by atoms with E-state index in [1.54, 1.807) is 0 Å². The third-order valence-corrected chi connectivity index (χ3v) is 15.4. The van der Waals surface area contributed by atoms with E-state index in [0.717, 1.165) is 67.3 Å². The van der Waals surface area contributed by atoms with Crippen LogP contribution < -0.4 is 9.30 Å². The van der Waals surface area contributed by atoms with E-state index in [1.165, 1.54) is 33.4 Å². The van der Waals surface area contributed by atoms with Gasteiger partial charge in [-0.2, -0.15) is 0 Å². The number of ether oxygens (including phenoxy) is 1. The zero-order chi connectivity index (χ0) is 51.4. The monoisotopic (exact) mass is 965 g/mol. The first-order chi connectivity index (χ1) is 35.6. The summed E-state index contributed by atoms with van der Waals surface area (Å²) in [6.07, 6.45) is 8.07. The predicted octanol–water partition coefficient (Wildman–Crippen LogP) is 16.8. The fraction of sp³-hybridized carbons (Fsp3) is 0.188. The highest BCUT2D eigenvalue weighted by atomic mass is 16.5. The van der Waals surface area contributed by atoms with Gasteiger partial charge in [-0.1, -0.05) is 208 Å². The largest absolute Gasteiger partial charge is 0.458 e. The van der Waals surface area contributed by atoms with Gasteiger partial charge < -0.3 is 4.74 Å². The molecular formula is C69H64N4O. The van der Waals surface area contributed by atoms with Gasteiger partial charge in [0.2, 0.25) is 0 Å². The molecule has 3 heterocycles. The quantitative estimate of drug-likeness (QED) is 0.0903. The number of aromatic nitrogens is 4. The molecule has 0 bridgehead atoms. The number of pyridine rings is 1. The summed E-state index contributed by atoms with van der Waals surface area (Å²) in [5.74, 6) is 2.31. The highest BCUT2D eigenvalue weighted by Gasteiger charge is 2.31. The summed E-state index contributed by atoms with van der Waals surface area (Å²) >= 11 is 0. The Labute approximate surface area is 437 Å². The third kappa shape index (κ3) is 8.91. The van der Waals surface area contributed by atoms with Crippen molar-refractivity contribution in [3.8, 4) is 39.8 Å². The molecule has 0 saturated heterocycles. The lowest BCUT2D eigenvalue weighted by Crippen LogP contribution is -2.39. The lowest BCUT2D eigenvalue weighted by atomic mass is 9.73. The van der Waals surface area contributed by atoms with Gasteiger partial charge in [-0.15, -0.1) is 0 Å². The second-order valence-corrected chi connectivity index (χ2v) is 22.4. The summed E-state index contributed by atoms with van der Waals surface area (Å²) in [4.78, 5) is 5.02. The van der Waals surface area contributed by atoms with E-state index >= 15 is 0 Å². The van der Waals surface area contributed by atoms with E-state index < -0.39 is 0 Å². The van der Waals surface area contributed by atoms with E-state index in [2.05, 4.69) is 301 Å². The van der Waals surface area contributed by atoms with Gasteiger partial charge >= 0.3 is 0 Å². The summed E-state index contributed by atoms with van der Waals surface area (Å²) in [6, 6.07) is 76.0. The van der Waals surface area contributed by atoms with E-state index in [0.29, 0.717) is 0 Å². The van der Waals surface area contributed by atoms with Crippen molar-refractivity contribution < 1.29 is 9.30 Å². The van der Waals surface area contributed by atoms with Crippen LogP contribution in [0.15, 0.2) is 225 Å². The molecule has 11 aromatic rings. The zero-order valence-electron chi connectivity index (χ0n) is 44.1. The summed E-state index contributed by atoms with van der Waals surface area (Å²) in [5.41, 5.74) is 13.8. The molecule has 5 heteroatoms. The molecule has 366 valence electrons. The molecule has 74 heavy (non-hydrogen) atoms. The second kappa shape index (κ2) is 18.6. The Morgan fingerprint density at radius 1 is 0.432 bits per heavy atom. The lowest BCUT2D eigenvalue weighted by molar-refractivity contribution is -0.611. The molecule has 0 atom stereocenters. The van der Waals surface area contributed by atoms with E-state index in [4.69, 9.17) is 9.72 Å². The van der Waals surface area contributed by atoms with Gasteiger partial charge in [0, 0.05) is 45.5 Å². The van der Waals surface area contributed by atoms with Crippen LogP contribution in [0.1, 0.15) is 101 Å². The summed E-state index contributed by atoms with van der Waals surface area (Å²) in [7, 11) is 0. The standard InChI is InChI=1S/C69H64N4O/c1-66(2,3)64-46-71(47-72(64)57-41-54(68(6,7)51-28-18-12-19-29-51)40-55(42-57)69(8,9)52-30-20-13-21-31-52)56-38-49(48-24-14-10-15-25-48)39-59(44-56)74-58-34-35-61-60-32-22-23-33-62(60)73(63(61)45-58)65-43-53(36-37-70-65)67(4,5)50-26-16-11-17-27-50/h10-46H,1-9H3. The van der Waals surface area contributed by atoms with Crippen molar-refractivity contribution in [2.75, 3.05) is 0 Å². The third-order valence-electron chi connectivity index (χ3n) is 15.4. The van der Waals surface area contributed by atoms with Crippen LogP contribution in [0.25, 0.3) is 50.1 Å². The number of benzene rings is 8. The minimum atomic E-state index is -0.280. The Hall–Kier alpha value is -8.28. The van der Waals surface area contributed by atoms with Crippen molar-refractivity contribution in [2.45, 2.75) is 84.0 Å². The number of imidazole rings is 1. The van der Waals surface area contributed by atoms with Gasteiger partial charge in [0.1, 0.15) is 17.3 Å². The number of para-hydroxylation sites is 1. The van der Waals surface area contributed by atoms with E-state index in [9.17, 15) is 0 Å². The molecule has 0 radical (unpaired) electrons. The van der Waals surface area contributed by atoms with Crippen molar-refractivity contribution in [1.29, 1.82) is 0 Å². The molecule has 0 spiro atoms. The average molecular weight is 965 g/mol. The molecule has 0 saturated carbocycles. The topological polar surface area (TPSA) is 35.9 Å². The minimum absolute atomic E-state index is 0.233. The Morgan fingerprint density at radius 2 is 0.973 bits per heavy atom. The molecule has 3 aromatic heterocycles. The smallest absolute Gasteiger partial charge is 0.269 e. The molecule has 0 aliphatic heterocycles. The molecule has 0 aliphatic rings. The van der Waals surface area contributed by atoms with E-state index in [1.807, 2.05) is 6.20 Å². The highest BCUT2D eigenvalue weighted by Crippen LogP contribution is 2.41. The average Bonchev–Trinajstić information content (AvgIpc) is 4.04. The molecule has 0 unspecified atom stereocenters. The number of fused-ring (bicyclic) bond motifs is 3. The van der Waals surface area contributed by atoms with Gasteiger partial charge in [0.05, 0.1) is 28.1 Å². The maximum atomic E-state index is 7.05. The van der Waals surface area contributed by atoms with Crippen LogP contribution in [0.3, 0.4) is 0 Å². The van der Waals surface area contributed by atoms with Crippen LogP contribution in [0.5, 0.6) is 11.5 Å². The van der Waals surface area contributed by atoms with Gasteiger partial charge in [0.15, 0.2) is 0 Å². The maximum absolute atomic E-state index is 7.05. The predicted molar refractivity (Wildman–Crippen MR) is 305 cm³/mol. The second-order valence-electron chi connectivity index (χ2n) is 22.4. The van der Waals surface area contributed by atoms with Crippen molar-refractivity contribution in [3.63, 3.8) is 0 Å². The van der Waals surface area contributed by atoms with Crippen LogP contribution in [0.2, 0.25) is 0 Å². The van der Waals surface area contributed by atoms with Crippen molar-refractivity contribution >= 4 is 21.8 Å². The number of hydrogen-bond acceptors (Lipinski definition) is 2. The Morgan fingerprint density at radius 3 is 1.57 bits per heavy atom. The highest BCUT2D eigenvalue weighted by molar-refractivity contribution is 6.09. The normalized spacial score (nSPS) is 12.4. The van der Waals surface area contributed by atoms with Crippen LogP contribution in [0, 0.1) is 6.33 Å². The molecular weight excluding hydrogens is 901 g/mol. The Balaban J connectivity index is 1.04. The summed E-state index contributed by atoms with van der Waals surface area (Å²) in [5, 5.41) is 2.29. The zero-order valence-corrected chi connectivity index (χ0v) is 44.1. The SMILES string of the molecule is CC(C)(C)c1cn(-c2cc(Oc3ccc4c5ccccc5n(-c5cc(C(C)(C)c6ccccc6)ccn5)c4c3)cc(-c3ccccc3)c2)[c-][n+]1-c1cc(C(C)(C)c2ccccc2)cc(C(C)(C)c2ccccc2)c1. The molecule has 8 aromatic carbocycles. The number of rotatable bonds is 12. The lowest BCUT2D eigenvalue weighted by Gasteiger charge is -2.32. The molecule has 0 N–H and O–H groups in total. The van der Waals surface area contributed by atoms with E-state index in [-0.39, 0.29) is 21.7 Å². The molecule has 5 nitrogen and oxygen atoms in total. The number of hydrogen-bond donors (Lipinski definition) is 0. The fourth-order valence-corrected chi connectivity index (χ4v) is 10.7. The first-order valence-corrected chi connectivity index (χ1v) is 25.8. The Bertz CT molecular complexity index is 3730. The molecule has 0 amide bonds. The maximum Gasteiger partial charge on any atom is 0.269 e. The van der Waals surface area contributed by atoms with Gasteiger partial charge in [-0.05, 0) is 111 Å².